The average Bonchev–Trinajstić information content (AvgIpc) is 2.73. The van der Waals surface area contributed by atoms with E-state index in [1.165, 1.54) is 19.4 Å². The van der Waals surface area contributed by atoms with Crippen LogP contribution in [0, 0.1) is 0 Å². The number of pyridine rings is 1. The Balaban J connectivity index is 1.85. The number of rotatable bonds is 6. The molecule has 136 valence electrons. The molecule has 3 aromatic rings. The van der Waals surface area contributed by atoms with E-state index >= 15 is 0 Å². The predicted molar refractivity (Wildman–Crippen MR) is 97.4 cm³/mol. The average molecular weight is 363 g/mol. The summed E-state index contributed by atoms with van der Waals surface area (Å²) in [5.41, 5.74) is 0.610. The summed E-state index contributed by atoms with van der Waals surface area (Å²) >= 11 is 0. The molecular weight excluding hydrogens is 346 g/mol. The predicted octanol–water partition coefficient (Wildman–Crippen LogP) is 3.95. The molecule has 6 heteroatoms. The third-order valence-electron chi connectivity index (χ3n) is 3.69. The number of benzene rings is 2. The van der Waals surface area contributed by atoms with Crippen LogP contribution in [-0.2, 0) is 14.3 Å². The van der Waals surface area contributed by atoms with Gasteiger partial charge in [-0.15, -0.1) is 0 Å². The van der Waals surface area contributed by atoms with Gasteiger partial charge in [-0.3, -0.25) is 0 Å². The molecule has 0 radical (unpaired) electrons. The standard InChI is InChI=1S/C21H17NO5/c1-25-21(24)18(15-9-4-2-5-10-15)27-20(23)17-13-8-14-22-19(17)26-16-11-6-3-7-12-16/h2-14,18H,1H3. The number of hydrogen-bond acceptors (Lipinski definition) is 6. The van der Waals surface area contributed by atoms with Gasteiger partial charge < -0.3 is 14.2 Å². The highest BCUT2D eigenvalue weighted by Gasteiger charge is 2.28. The number of hydrogen-bond donors (Lipinski definition) is 0. The highest BCUT2D eigenvalue weighted by Crippen LogP contribution is 2.26. The summed E-state index contributed by atoms with van der Waals surface area (Å²) < 4.78 is 15.9. The molecule has 0 aliphatic heterocycles. The molecule has 0 amide bonds. The Hall–Kier alpha value is -3.67. The number of carbonyl (C=O) groups excluding carboxylic acids is 2. The summed E-state index contributed by atoms with van der Waals surface area (Å²) in [6.45, 7) is 0. The molecule has 0 spiro atoms. The number of ether oxygens (including phenoxy) is 3. The molecule has 0 N–H and O–H groups in total. The highest BCUT2D eigenvalue weighted by molar-refractivity contribution is 5.93. The Bertz CT molecular complexity index is 912. The van der Waals surface area contributed by atoms with E-state index in [4.69, 9.17) is 14.2 Å². The Morgan fingerprint density at radius 1 is 0.889 bits per heavy atom. The van der Waals surface area contributed by atoms with Gasteiger partial charge in [0.1, 0.15) is 11.3 Å². The largest absolute Gasteiger partial charge is 0.466 e. The molecule has 3 rings (SSSR count). The molecule has 0 fully saturated rings. The summed E-state index contributed by atoms with van der Waals surface area (Å²) in [7, 11) is 1.24. The minimum atomic E-state index is -1.19. The lowest BCUT2D eigenvalue weighted by molar-refractivity contribution is -0.151. The van der Waals surface area contributed by atoms with Gasteiger partial charge in [-0.05, 0) is 24.3 Å². The number of para-hydroxylation sites is 1. The van der Waals surface area contributed by atoms with Gasteiger partial charge >= 0.3 is 11.9 Å². The smallest absolute Gasteiger partial charge is 0.351 e. The van der Waals surface area contributed by atoms with Crippen LogP contribution >= 0.6 is 0 Å². The van der Waals surface area contributed by atoms with Gasteiger partial charge in [-0.25, -0.2) is 14.6 Å². The van der Waals surface area contributed by atoms with Gasteiger partial charge in [-0.2, -0.15) is 0 Å². The van der Waals surface area contributed by atoms with Crippen molar-refractivity contribution in [2.24, 2.45) is 0 Å². The lowest BCUT2D eigenvalue weighted by atomic mass is 10.1. The zero-order valence-electron chi connectivity index (χ0n) is 14.6. The van der Waals surface area contributed by atoms with Crippen LogP contribution in [0.15, 0.2) is 79.0 Å². The molecule has 0 saturated heterocycles. The number of esters is 2. The molecular formula is C21H17NO5. The molecule has 1 unspecified atom stereocenters. The van der Waals surface area contributed by atoms with E-state index in [1.54, 1.807) is 60.7 Å². The normalized spacial score (nSPS) is 11.3. The van der Waals surface area contributed by atoms with Gasteiger partial charge in [0.15, 0.2) is 0 Å². The molecule has 0 aliphatic rings. The fourth-order valence-electron chi connectivity index (χ4n) is 2.39. The molecule has 27 heavy (non-hydrogen) atoms. The van der Waals surface area contributed by atoms with Crippen molar-refractivity contribution in [3.05, 3.63) is 90.1 Å². The second-order valence-corrected chi connectivity index (χ2v) is 5.49. The van der Waals surface area contributed by atoms with Crippen LogP contribution in [0.1, 0.15) is 22.0 Å². The lowest BCUT2D eigenvalue weighted by Crippen LogP contribution is -2.21. The third-order valence-corrected chi connectivity index (χ3v) is 3.69. The Morgan fingerprint density at radius 2 is 1.56 bits per heavy atom. The van der Waals surface area contributed by atoms with Crippen molar-refractivity contribution >= 4 is 11.9 Å². The van der Waals surface area contributed by atoms with Crippen molar-refractivity contribution < 1.29 is 23.8 Å². The molecule has 2 aromatic carbocycles. The second kappa shape index (κ2) is 8.62. The molecule has 0 bridgehead atoms. The lowest BCUT2D eigenvalue weighted by Gasteiger charge is -2.17. The number of nitrogens with zero attached hydrogens (tertiary/aromatic N) is 1. The van der Waals surface area contributed by atoms with Gasteiger partial charge in [-0.1, -0.05) is 48.5 Å². The zero-order chi connectivity index (χ0) is 19.1. The van der Waals surface area contributed by atoms with E-state index in [0.29, 0.717) is 11.3 Å². The first-order valence-corrected chi connectivity index (χ1v) is 8.20. The molecule has 6 nitrogen and oxygen atoms in total. The summed E-state index contributed by atoms with van der Waals surface area (Å²) in [6.07, 6.45) is 0.317. The van der Waals surface area contributed by atoms with Crippen LogP contribution < -0.4 is 4.74 Å². The minimum Gasteiger partial charge on any atom is -0.466 e. The maximum Gasteiger partial charge on any atom is 0.351 e. The van der Waals surface area contributed by atoms with Crippen LogP contribution in [0.25, 0.3) is 0 Å². The van der Waals surface area contributed by atoms with E-state index in [0.717, 1.165) is 0 Å². The maximum atomic E-state index is 12.7. The summed E-state index contributed by atoms with van der Waals surface area (Å²) in [4.78, 5) is 28.9. The Morgan fingerprint density at radius 3 is 2.22 bits per heavy atom. The van der Waals surface area contributed by atoms with Gasteiger partial charge in [0, 0.05) is 11.8 Å². The second-order valence-electron chi connectivity index (χ2n) is 5.49. The quantitative estimate of drug-likeness (QED) is 0.618. The zero-order valence-corrected chi connectivity index (χ0v) is 14.6. The fraction of sp³-hybridized carbons (Fsp3) is 0.0952. The summed E-state index contributed by atoms with van der Waals surface area (Å²) in [6, 6.07) is 20.7. The first kappa shape index (κ1) is 18.1. The van der Waals surface area contributed by atoms with E-state index in [-0.39, 0.29) is 11.4 Å². The van der Waals surface area contributed by atoms with Crippen LogP contribution in [0.4, 0.5) is 0 Å². The molecule has 1 atom stereocenters. The van der Waals surface area contributed by atoms with Crippen molar-refractivity contribution in [1.82, 2.24) is 4.98 Å². The van der Waals surface area contributed by atoms with Crippen LogP contribution in [-0.4, -0.2) is 24.0 Å². The van der Waals surface area contributed by atoms with Crippen molar-refractivity contribution in [3.8, 4) is 11.6 Å². The highest BCUT2D eigenvalue weighted by atomic mass is 16.6. The first-order valence-electron chi connectivity index (χ1n) is 8.20. The topological polar surface area (TPSA) is 74.7 Å². The van der Waals surface area contributed by atoms with Crippen LogP contribution in [0.5, 0.6) is 11.6 Å². The number of aromatic nitrogens is 1. The number of carbonyl (C=O) groups is 2. The SMILES string of the molecule is COC(=O)C(OC(=O)c1cccnc1Oc1ccccc1)c1ccccc1. The third kappa shape index (κ3) is 4.49. The van der Waals surface area contributed by atoms with E-state index in [9.17, 15) is 9.59 Å². The Kier molecular flexibility index (Phi) is 5.79. The van der Waals surface area contributed by atoms with Gasteiger partial charge in [0.05, 0.1) is 7.11 Å². The Labute approximate surface area is 156 Å². The summed E-state index contributed by atoms with van der Waals surface area (Å²) in [5.74, 6) is -0.805. The van der Waals surface area contributed by atoms with E-state index in [1.807, 2.05) is 6.07 Å². The van der Waals surface area contributed by atoms with Crippen LogP contribution in [0.3, 0.4) is 0 Å². The van der Waals surface area contributed by atoms with Crippen molar-refractivity contribution in [2.45, 2.75) is 6.10 Å². The minimum absolute atomic E-state index is 0.0883. The van der Waals surface area contributed by atoms with Gasteiger partial charge in [0.2, 0.25) is 12.0 Å². The van der Waals surface area contributed by atoms with Crippen LogP contribution in [0.2, 0.25) is 0 Å². The van der Waals surface area contributed by atoms with Crippen molar-refractivity contribution in [3.63, 3.8) is 0 Å². The molecule has 0 saturated carbocycles. The van der Waals surface area contributed by atoms with Crippen molar-refractivity contribution in [1.29, 1.82) is 0 Å². The van der Waals surface area contributed by atoms with Gasteiger partial charge in [0.25, 0.3) is 0 Å². The fourth-order valence-corrected chi connectivity index (χ4v) is 2.39. The van der Waals surface area contributed by atoms with E-state index in [2.05, 4.69) is 4.98 Å². The van der Waals surface area contributed by atoms with Crippen molar-refractivity contribution in [2.75, 3.05) is 7.11 Å². The monoisotopic (exact) mass is 363 g/mol. The maximum absolute atomic E-state index is 12.7. The molecule has 0 aliphatic carbocycles. The molecule has 1 heterocycles. The molecule has 1 aromatic heterocycles. The first-order chi connectivity index (χ1) is 13.2. The van der Waals surface area contributed by atoms with E-state index < -0.39 is 18.0 Å². The summed E-state index contributed by atoms with van der Waals surface area (Å²) in [5, 5.41) is 0. The number of methoxy groups -OCH3 is 1.